The van der Waals surface area contributed by atoms with Crippen molar-refractivity contribution in [2.24, 2.45) is 0 Å². The van der Waals surface area contributed by atoms with Crippen molar-refractivity contribution < 1.29 is 0 Å². The molecule has 0 aliphatic rings. The Morgan fingerprint density at radius 3 is 0.449 bits per heavy atom. The fourth-order valence-corrected chi connectivity index (χ4v) is 5.36. The first-order chi connectivity index (χ1) is 23.1. The average Bonchev–Trinajstić information content (AvgIpc) is 2.97. The molecule has 0 fully saturated rings. The standard InChI is InChI=1S/2C9H12.3C8H10.C7H8/c2*1-7-4-8(2)6-9(3)5-7;3*1-7-4-3-5-8(2)6-7;1-7-5-3-2-4-6-7/h2*4-6H,1-3H3;3*3-6H,1-2H3;2-6H,1H3. The predicted octanol–water partition coefficient (Wildman–Crippen LogP) is 14.1. The lowest BCUT2D eigenvalue weighted by atomic mass is 10.1. The molecule has 0 unspecified atom stereocenters. The van der Waals surface area contributed by atoms with Crippen molar-refractivity contribution in [2.45, 2.75) is 90.0 Å². The monoisotopic (exact) mass is 650 g/mol. The highest BCUT2D eigenvalue weighted by molar-refractivity contribution is 5.28. The average molecular weight is 651 g/mol. The molecular weight excluding hydrogens is 589 g/mol. The molecule has 0 heteroatoms. The van der Waals surface area contributed by atoms with Crippen molar-refractivity contribution in [2.75, 3.05) is 0 Å². The summed E-state index contributed by atoms with van der Waals surface area (Å²) in [6.07, 6.45) is 0. The summed E-state index contributed by atoms with van der Waals surface area (Å²) >= 11 is 0. The molecule has 6 rings (SSSR count). The molecule has 0 N–H and O–H groups in total. The van der Waals surface area contributed by atoms with Crippen LogP contribution in [0.5, 0.6) is 0 Å². The van der Waals surface area contributed by atoms with Crippen LogP contribution < -0.4 is 0 Å². The third kappa shape index (κ3) is 22.5. The number of aryl methyl sites for hydroxylation is 13. The van der Waals surface area contributed by atoms with Crippen molar-refractivity contribution >= 4 is 0 Å². The normalized spacial score (nSPS) is 9.33. The first-order valence-corrected chi connectivity index (χ1v) is 17.3. The predicted molar refractivity (Wildman–Crippen MR) is 220 cm³/mol. The quantitative estimate of drug-likeness (QED) is 0.153. The van der Waals surface area contributed by atoms with E-state index >= 15 is 0 Å². The Morgan fingerprint density at radius 1 is 0.163 bits per heavy atom. The molecule has 6 aromatic rings. The number of benzene rings is 6. The summed E-state index contributed by atoms with van der Waals surface area (Å²) in [6.45, 7) is 27.5. The summed E-state index contributed by atoms with van der Waals surface area (Å²) in [7, 11) is 0. The van der Waals surface area contributed by atoms with Crippen LogP contribution in [-0.2, 0) is 0 Å². The molecular formula is C49H62. The van der Waals surface area contributed by atoms with Crippen LogP contribution in [0.2, 0.25) is 0 Å². The van der Waals surface area contributed by atoms with Gasteiger partial charge in [-0.3, -0.25) is 0 Å². The van der Waals surface area contributed by atoms with Crippen molar-refractivity contribution in [3.63, 3.8) is 0 Å². The Bertz CT molecular complexity index is 1470. The van der Waals surface area contributed by atoms with Crippen molar-refractivity contribution in [1.29, 1.82) is 0 Å². The van der Waals surface area contributed by atoms with E-state index in [0.29, 0.717) is 0 Å². The van der Waals surface area contributed by atoms with Gasteiger partial charge in [0.2, 0.25) is 0 Å². The second-order valence-electron chi connectivity index (χ2n) is 13.5. The van der Waals surface area contributed by atoms with Crippen LogP contribution in [0.15, 0.2) is 140 Å². The Labute approximate surface area is 300 Å². The first kappa shape index (κ1) is 42.3. The van der Waals surface area contributed by atoms with Crippen molar-refractivity contribution in [3.8, 4) is 0 Å². The molecule has 0 aliphatic carbocycles. The van der Waals surface area contributed by atoms with Gasteiger partial charge in [-0.1, -0.05) is 212 Å². The highest BCUT2D eigenvalue weighted by Crippen LogP contribution is 2.07. The fourth-order valence-electron chi connectivity index (χ4n) is 5.36. The number of hydrogen-bond acceptors (Lipinski definition) is 0. The van der Waals surface area contributed by atoms with Gasteiger partial charge >= 0.3 is 0 Å². The molecule has 0 aliphatic heterocycles. The highest BCUT2D eigenvalue weighted by atomic mass is 13.9. The van der Waals surface area contributed by atoms with E-state index in [1.165, 1.54) is 72.3 Å². The van der Waals surface area contributed by atoms with E-state index in [-0.39, 0.29) is 0 Å². The summed E-state index contributed by atoms with van der Waals surface area (Å²) in [4.78, 5) is 0. The van der Waals surface area contributed by atoms with Gasteiger partial charge in [-0.15, -0.1) is 0 Å². The maximum atomic E-state index is 2.19. The fraction of sp³-hybridized carbons (Fsp3) is 0.265. The molecule has 0 heterocycles. The smallest absolute Gasteiger partial charge is 0.0398 e. The molecule has 0 amide bonds. The van der Waals surface area contributed by atoms with Gasteiger partial charge in [0.15, 0.2) is 0 Å². The van der Waals surface area contributed by atoms with Gasteiger partial charge in [-0.05, 0) is 90.0 Å². The molecule has 0 atom stereocenters. The van der Waals surface area contributed by atoms with E-state index < -0.39 is 0 Å². The minimum atomic E-state index is 1.32. The molecule has 49 heavy (non-hydrogen) atoms. The van der Waals surface area contributed by atoms with E-state index in [1.807, 2.05) is 18.2 Å². The van der Waals surface area contributed by atoms with Gasteiger partial charge in [0, 0.05) is 0 Å². The summed E-state index contributed by atoms with van der Waals surface area (Å²) in [5.74, 6) is 0. The maximum absolute atomic E-state index is 2.19. The summed E-state index contributed by atoms with van der Waals surface area (Å²) in [5, 5.41) is 0. The van der Waals surface area contributed by atoms with Crippen LogP contribution in [0.3, 0.4) is 0 Å². The van der Waals surface area contributed by atoms with Crippen LogP contribution in [0.4, 0.5) is 0 Å². The number of hydrogen-bond donors (Lipinski definition) is 0. The first-order valence-electron chi connectivity index (χ1n) is 17.3. The van der Waals surface area contributed by atoms with Gasteiger partial charge in [0.1, 0.15) is 0 Å². The van der Waals surface area contributed by atoms with Crippen LogP contribution >= 0.6 is 0 Å². The van der Waals surface area contributed by atoms with E-state index in [0.717, 1.165) is 0 Å². The molecule has 0 bridgehead atoms. The minimum Gasteiger partial charge on any atom is -0.0622 e. The largest absolute Gasteiger partial charge is 0.0622 e. The van der Waals surface area contributed by atoms with Gasteiger partial charge in [0.25, 0.3) is 0 Å². The van der Waals surface area contributed by atoms with E-state index in [9.17, 15) is 0 Å². The summed E-state index contributed by atoms with van der Waals surface area (Å²) in [5.41, 5.74) is 17.5. The molecule has 0 aromatic heterocycles. The maximum Gasteiger partial charge on any atom is -0.0398 e. The molecule has 6 aromatic carbocycles. The lowest BCUT2D eigenvalue weighted by Gasteiger charge is -1.96. The molecule has 0 spiro atoms. The third-order valence-corrected chi connectivity index (χ3v) is 7.19. The van der Waals surface area contributed by atoms with Gasteiger partial charge in [0.05, 0.1) is 0 Å². The Hall–Kier alpha value is -4.68. The Kier molecular flexibility index (Phi) is 20.4. The van der Waals surface area contributed by atoms with Gasteiger partial charge < -0.3 is 0 Å². The molecule has 0 radical (unpaired) electrons. The van der Waals surface area contributed by atoms with E-state index in [1.54, 1.807) is 0 Å². The van der Waals surface area contributed by atoms with Crippen LogP contribution in [-0.4, -0.2) is 0 Å². The second kappa shape index (κ2) is 23.6. The molecule has 0 nitrogen and oxygen atoms in total. The zero-order chi connectivity index (χ0) is 36.8. The van der Waals surface area contributed by atoms with Crippen molar-refractivity contribution in [1.82, 2.24) is 0 Å². The lowest BCUT2D eigenvalue weighted by molar-refractivity contribution is 1.32. The Morgan fingerprint density at radius 2 is 0.327 bits per heavy atom. The molecule has 0 saturated carbocycles. The lowest BCUT2D eigenvalue weighted by Crippen LogP contribution is -1.78. The highest BCUT2D eigenvalue weighted by Gasteiger charge is 1.88. The zero-order valence-electron chi connectivity index (χ0n) is 32.8. The van der Waals surface area contributed by atoms with Crippen LogP contribution in [0.1, 0.15) is 72.3 Å². The summed E-state index contributed by atoms with van der Waals surface area (Å²) in [6, 6.07) is 48.7. The van der Waals surface area contributed by atoms with Crippen LogP contribution in [0, 0.1) is 90.0 Å². The van der Waals surface area contributed by atoms with Crippen LogP contribution in [0.25, 0.3) is 0 Å². The van der Waals surface area contributed by atoms with E-state index in [2.05, 4.69) is 211 Å². The van der Waals surface area contributed by atoms with Gasteiger partial charge in [-0.2, -0.15) is 0 Å². The minimum absolute atomic E-state index is 1.32. The van der Waals surface area contributed by atoms with E-state index in [4.69, 9.17) is 0 Å². The zero-order valence-corrected chi connectivity index (χ0v) is 32.8. The van der Waals surface area contributed by atoms with Crippen molar-refractivity contribution in [3.05, 3.63) is 212 Å². The summed E-state index contributed by atoms with van der Waals surface area (Å²) < 4.78 is 0. The second-order valence-corrected chi connectivity index (χ2v) is 13.5. The topological polar surface area (TPSA) is 0 Å². The number of rotatable bonds is 0. The Balaban J connectivity index is 0.000000294. The SMILES string of the molecule is Cc1cc(C)cc(C)c1.Cc1cc(C)cc(C)c1.Cc1cccc(C)c1.Cc1cccc(C)c1.Cc1cccc(C)c1.Cc1ccccc1. The van der Waals surface area contributed by atoms with Gasteiger partial charge in [-0.25, -0.2) is 0 Å². The molecule has 0 saturated heterocycles. The molecule has 258 valence electrons. The third-order valence-electron chi connectivity index (χ3n) is 7.19.